The Morgan fingerprint density at radius 2 is 1.59 bits per heavy atom. The molecule has 4 heteroatoms. The second-order valence-corrected chi connectivity index (χ2v) is 7.81. The van der Waals surface area contributed by atoms with Crippen molar-refractivity contribution in [2.75, 3.05) is 0 Å². The van der Waals surface area contributed by atoms with Crippen LogP contribution in [0.4, 0.5) is 0 Å². The maximum atomic E-state index is 12.3. The van der Waals surface area contributed by atoms with Crippen LogP contribution >= 0.6 is 0 Å². The van der Waals surface area contributed by atoms with Crippen molar-refractivity contribution in [1.82, 2.24) is 0 Å². The van der Waals surface area contributed by atoms with Crippen LogP contribution in [-0.2, 0) is 19.1 Å². The Bertz CT molecular complexity index is 456. The summed E-state index contributed by atoms with van der Waals surface area (Å²) in [5.41, 5.74) is -0.0714. The molecule has 4 nitrogen and oxygen atoms in total. The summed E-state index contributed by atoms with van der Waals surface area (Å²) < 4.78 is 10.9. The molecule has 4 aliphatic rings. The van der Waals surface area contributed by atoms with Crippen molar-refractivity contribution in [1.29, 1.82) is 0 Å². The fraction of sp³-hybridized carbons (Fsp3) is 0.778. The molecule has 0 amide bonds. The Morgan fingerprint density at radius 1 is 1.09 bits per heavy atom. The maximum Gasteiger partial charge on any atom is 0.334 e. The first-order valence-corrected chi connectivity index (χ1v) is 8.46. The van der Waals surface area contributed by atoms with E-state index in [1.54, 1.807) is 13.8 Å². The van der Waals surface area contributed by atoms with Crippen molar-refractivity contribution >= 4 is 11.9 Å². The molecule has 0 spiro atoms. The van der Waals surface area contributed by atoms with E-state index in [9.17, 15) is 9.59 Å². The summed E-state index contributed by atoms with van der Waals surface area (Å²) in [6.07, 6.45) is 6.63. The molecular formula is C18H26O4. The van der Waals surface area contributed by atoms with Crippen LogP contribution in [0.2, 0.25) is 0 Å². The predicted molar refractivity (Wildman–Crippen MR) is 82.0 cm³/mol. The number of rotatable bonds is 5. The largest absolute Gasteiger partial charge is 0.463 e. The van der Waals surface area contributed by atoms with Gasteiger partial charge in [-0.05, 0) is 70.1 Å². The van der Waals surface area contributed by atoms with Crippen molar-refractivity contribution in [2.45, 2.75) is 70.5 Å². The van der Waals surface area contributed by atoms with Crippen LogP contribution < -0.4 is 0 Å². The lowest BCUT2D eigenvalue weighted by Gasteiger charge is -2.55. The van der Waals surface area contributed by atoms with Crippen LogP contribution in [0, 0.1) is 17.8 Å². The number of esters is 2. The van der Waals surface area contributed by atoms with Gasteiger partial charge in [0.15, 0.2) is 0 Å². The standard InChI is InChI=1S/C18H26O4/c1-11(2)21-16(19)4-12(3)17(20)22-18-8-13-5-14(9-18)7-15(6-13)10-18/h11,13-15H,3-10H2,1-2H3. The zero-order chi connectivity index (χ0) is 15.9. The topological polar surface area (TPSA) is 52.6 Å². The molecule has 0 radical (unpaired) electrons. The van der Waals surface area contributed by atoms with Gasteiger partial charge in [0.1, 0.15) is 5.60 Å². The van der Waals surface area contributed by atoms with Crippen molar-refractivity contribution in [3.05, 3.63) is 12.2 Å². The van der Waals surface area contributed by atoms with Gasteiger partial charge in [0.25, 0.3) is 0 Å². The quantitative estimate of drug-likeness (QED) is 0.577. The Labute approximate surface area is 132 Å². The zero-order valence-electron chi connectivity index (χ0n) is 13.6. The summed E-state index contributed by atoms with van der Waals surface area (Å²) >= 11 is 0. The van der Waals surface area contributed by atoms with Gasteiger partial charge in [-0.2, -0.15) is 0 Å². The lowest BCUT2D eigenvalue weighted by Crippen LogP contribution is -2.52. The van der Waals surface area contributed by atoms with Crippen LogP contribution in [0.25, 0.3) is 0 Å². The molecule has 4 saturated carbocycles. The molecule has 0 aliphatic heterocycles. The van der Waals surface area contributed by atoms with Crippen LogP contribution in [-0.4, -0.2) is 23.6 Å². The molecule has 4 fully saturated rings. The molecule has 4 bridgehead atoms. The molecule has 4 rings (SSSR count). The summed E-state index contributed by atoms with van der Waals surface area (Å²) in [6.45, 7) is 7.30. The van der Waals surface area contributed by atoms with Crippen molar-refractivity contribution in [3.8, 4) is 0 Å². The average Bonchev–Trinajstić information content (AvgIpc) is 2.34. The highest BCUT2D eigenvalue weighted by Crippen LogP contribution is 2.57. The first-order valence-electron chi connectivity index (χ1n) is 8.46. The first kappa shape index (κ1) is 15.6. The minimum absolute atomic E-state index is 0.0800. The Morgan fingerprint density at radius 3 is 2.05 bits per heavy atom. The van der Waals surface area contributed by atoms with E-state index in [2.05, 4.69) is 6.58 Å². The molecule has 122 valence electrons. The second-order valence-electron chi connectivity index (χ2n) is 7.81. The van der Waals surface area contributed by atoms with E-state index in [4.69, 9.17) is 9.47 Å². The molecule has 22 heavy (non-hydrogen) atoms. The van der Waals surface area contributed by atoms with Gasteiger partial charge in [0, 0.05) is 5.57 Å². The monoisotopic (exact) mass is 306 g/mol. The average molecular weight is 306 g/mol. The van der Waals surface area contributed by atoms with Gasteiger partial charge in [0.2, 0.25) is 0 Å². The number of hydrogen-bond donors (Lipinski definition) is 0. The Kier molecular flexibility index (Phi) is 4.04. The fourth-order valence-corrected chi connectivity index (χ4v) is 4.98. The summed E-state index contributed by atoms with van der Waals surface area (Å²) in [7, 11) is 0. The maximum absolute atomic E-state index is 12.3. The van der Waals surface area contributed by atoms with E-state index in [1.807, 2.05) is 0 Å². The molecule has 4 aliphatic carbocycles. The van der Waals surface area contributed by atoms with Gasteiger partial charge >= 0.3 is 11.9 Å². The van der Waals surface area contributed by atoms with Gasteiger partial charge < -0.3 is 9.47 Å². The number of ether oxygens (including phenoxy) is 2. The van der Waals surface area contributed by atoms with E-state index in [0.29, 0.717) is 0 Å². The smallest absolute Gasteiger partial charge is 0.334 e. The predicted octanol–water partition coefficient (Wildman–Crippen LogP) is 3.40. The Hall–Kier alpha value is -1.32. The normalized spacial score (nSPS) is 35.5. The minimum atomic E-state index is -0.414. The van der Waals surface area contributed by atoms with Crippen LogP contribution in [0.15, 0.2) is 12.2 Å². The van der Waals surface area contributed by atoms with E-state index in [-0.39, 0.29) is 23.7 Å². The number of carbonyl (C=O) groups is 2. The molecule has 0 aromatic carbocycles. The SMILES string of the molecule is C=C(CC(=O)OC(C)C)C(=O)OC12CC3CC(CC(C3)C1)C2. The van der Waals surface area contributed by atoms with E-state index in [1.165, 1.54) is 19.3 Å². The third kappa shape index (κ3) is 3.21. The summed E-state index contributed by atoms with van der Waals surface area (Å²) in [6, 6.07) is 0. The molecule has 0 N–H and O–H groups in total. The van der Waals surface area contributed by atoms with Crippen LogP contribution in [0.5, 0.6) is 0 Å². The molecule has 0 aromatic heterocycles. The highest BCUT2D eigenvalue weighted by Gasteiger charge is 2.53. The zero-order valence-corrected chi connectivity index (χ0v) is 13.6. The van der Waals surface area contributed by atoms with E-state index < -0.39 is 11.9 Å². The van der Waals surface area contributed by atoms with Crippen LogP contribution in [0.1, 0.15) is 58.8 Å². The summed E-state index contributed by atoms with van der Waals surface area (Å²) in [5.74, 6) is 1.33. The third-order valence-corrected chi connectivity index (χ3v) is 5.30. The van der Waals surface area contributed by atoms with Crippen molar-refractivity contribution in [2.24, 2.45) is 17.8 Å². The first-order chi connectivity index (χ1) is 10.3. The molecule has 0 saturated heterocycles. The highest BCUT2D eigenvalue weighted by molar-refractivity contribution is 5.93. The van der Waals surface area contributed by atoms with Gasteiger partial charge in [-0.3, -0.25) is 4.79 Å². The van der Waals surface area contributed by atoms with Crippen molar-refractivity contribution in [3.63, 3.8) is 0 Å². The molecule has 0 unspecified atom stereocenters. The van der Waals surface area contributed by atoms with E-state index >= 15 is 0 Å². The summed E-state index contributed by atoms with van der Waals surface area (Å²) in [5, 5.41) is 0. The van der Waals surface area contributed by atoms with Gasteiger partial charge in [-0.15, -0.1) is 0 Å². The number of carbonyl (C=O) groups excluding carboxylic acids is 2. The molecule has 0 aromatic rings. The lowest BCUT2D eigenvalue weighted by atomic mass is 9.54. The molecule has 0 heterocycles. The van der Waals surface area contributed by atoms with E-state index in [0.717, 1.165) is 37.0 Å². The highest BCUT2D eigenvalue weighted by atomic mass is 16.6. The fourth-order valence-electron chi connectivity index (χ4n) is 4.98. The minimum Gasteiger partial charge on any atom is -0.463 e. The lowest BCUT2D eigenvalue weighted by molar-refractivity contribution is -0.183. The third-order valence-electron chi connectivity index (χ3n) is 5.30. The van der Waals surface area contributed by atoms with Crippen LogP contribution in [0.3, 0.4) is 0 Å². The molecule has 0 atom stereocenters. The summed E-state index contributed by atoms with van der Waals surface area (Å²) in [4.78, 5) is 24.0. The van der Waals surface area contributed by atoms with Gasteiger partial charge in [0.05, 0.1) is 12.5 Å². The van der Waals surface area contributed by atoms with Gasteiger partial charge in [-0.25, -0.2) is 4.79 Å². The Balaban J connectivity index is 1.57. The number of hydrogen-bond acceptors (Lipinski definition) is 4. The molecular weight excluding hydrogens is 280 g/mol. The van der Waals surface area contributed by atoms with Gasteiger partial charge in [-0.1, -0.05) is 6.58 Å². The van der Waals surface area contributed by atoms with Crippen molar-refractivity contribution < 1.29 is 19.1 Å². The second kappa shape index (κ2) is 5.71.